The summed E-state index contributed by atoms with van der Waals surface area (Å²) >= 11 is 1.58. The van der Waals surface area contributed by atoms with Crippen LogP contribution in [0.15, 0.2) is 48.5 Å². The molecule has 0 N–H and O–H groups in total. The minimum absolute atomic E-state index is 0.0320. The van der Waals surface area contributed by atoms with Crippen molar-refractivity contribution in [1.29, 1.82) is 0 Å². The summed E-state index contributed by atoms with van der Waals surface area (Å²) in [4.78, 5) is 43.7. The number of thiazole rings is 1. The zero-order valence-corrected chi connectivity index (χ0v) is 27.8. The number of rotatable bonds is 10. The van der Waals surface area contributed by atoms with Crippen LogP contribution in [-0.4, -0.2) is 35.1 Å². The number of para-hydroxylation sites is 1. The van der Waals surface area contributed by atoms with E-state index < -0.39 is 0 Å². The molecular weight excluding hydrogens is 598 g/mol. The fraction of sp³-hybridized carbons (Fsp3) is 0.579. The van der Waals surface area contributed by atoms with Crippen molar-refractivity contribution >= 4 is 39.5 Å². The van der Waals surface area contributed by atoms with E-state index in [-0.39, 0.29) is 47.9 Å². The number of hydrogen-bond acceptors (Lipinski definition) is 8. The molecule has 8 heteroatoms. The minimum atomic E-state index is -0.246. The molecule has 3 fully saturated rings. The first-order valence-electron chi connectivity index (χ1n) is 17.5. The Morgan fingerprint density at radius 1 is 0.696 bits per heavy atom. The van der Waals surface area contributed by atoms with Gasteiger partial charge in [0.2, 0.25) is 0 Å². The monoisotopic (exact) mass is 645 g/mol. The summed E-state index contributed by atoms with van der Waals surface area (Å²) in [5, 5.41) is 0.895. The first kappa shape index (κ1) is 32.7. The third-order valence-electron chi connectivity index (χ3n) is 10.3. The number of unbranched alkanes of at least 4 members (excludes halogenated alkanes) is 1. The largest absolute Gasteiger partial charge is 0.462 e. The van der Waals surface area contributed by atoms with Crippen molar-refractivity contribution in [1.82, 2.24) is 4.98 Å². The maximum atomic E-state index is 13.1. The maximum absolute atomic E-state index is 13.1. The highest BCUT2D eigenvalue weighted by atomic mass is 32.1. The Morgan fingerprint density at radius 2 is 1.26 bits per heavy atom. The van der Waals surface area contributed by atoms with Crippen molar-refractivity contribution < 1.29 is 28.6 Å². The first-order valence-corrected chi connectivity index (χ1v) is 18.4. The van der Waals surface area contributed by atoms with Crippen LogP contribution in [0.5, 0.6) is 5.75 Å². The Labute approximate surface area is 276 Å². The summed E-state index contributed by atoms with van der Waals surface area (Å²) in [6.07, 6.45) is 13.1. The average molecular weight is 646 g/mol. The lowest BCUT2D eigenvalue weighted by atomic mass is 9.80. The van der Waals surface area contributed by atoms with Crippen molar-refractivity contribution in [3.8, 4) is 16.3 Å². The summed E-state index contributed by atoms with van der Waals surface area (Å²) in [5.41, 5.74) is 1.74. The van der Waals surface area contributed by atoms with Gasteiger partial charge in [0, 0.05) is 5.56 Å². The van der Waals surface area contributed by atoms with Crippen LogP contribution in [0.3, 0.4) is 0 Å². The van der Waals surface area contributed by atoms with Crippen LogP contribution in [0, 0.1) is 23.7 Å². The molecule has 0 unspecified atom stereocenters. The number of esters is 3. The van der Waals surface area contributed by atoms with Gasteiger partial charge in [-0.1, -0.05) is 62.6 Å². The molecule has 0 spiro atoms. The van der Waals surface area contributed by atoms with E-state index in [2.05, 4.69) is 6.92 Å². The molecule has 46 heavy (non-hydrogen) atoms. The number of aromatic nitrogens is 1. The lowest BCUT2D eigenvalue weighted by molar-refractivity contribution is -0.162. The predicted octanol–water partition coefficient (Wildman–Crippen LogP) is 9.07. The lowest BCUT2D eigenvalue weighted by Crippen LogP contribution is -2.34. The average Bonchev–Trinajstić information content (AvgIpc) is 3.54. The second-order valence-corrected chi connectivity index (χ2v) is 14.6. The van der Waals surface area contributed by atoms with Crippen molar-refractivity contribution in [3.63, 3.8) is 0 Å². The molecule has 3 aromatic rings. The lowest BCUT2D eigenvalue weighted by Gasteiger charge is -2.32. The number of benzene rings is 2. The van der Waals surface area contributed by atoms with Gasteiger partial charge in [-0.25, -0.2) is 4.98 Å². The van der Waals surface area contributed by atoms with Crippen molar-refractivity contribution in [2.75, 3.05) is 0 Å². The minimum Gasteiger partial charge on any atom is -0.462 e. The van der Waals surface area contributed by atoms with Gasteiger partial charge in [0.05, 0.1) is 22.5 Å². The molecule has 3 aliphatic carbocycles. The van der Waals surface area contributed by atoms with E-state index in [1.54, 1.807) is 17.4 Å². The van der Waals surface area contributed by atoms with E-state index in [9.17, 15) is 14.4 Å². The third-order valence-corrected chi connectivity index (χ3v) is 11.4. The topological polar surface area (TPSA) is 91.8 Å². The fourth-order valence-corrected chi connectivity index (χ4v) is 8.42. The van der Waals surface area contributed by atoms with Gasteiger partial charge in [0.25, 0.3) is 0 Å². The van der Waals surface area contributed by atoms with Crippen LogP contribution < -0.4 is 4.74 Å². The molecule has 0 radical (unpaired) electrons. The number of carbonyl (C=O) groups is 3. The summed E-state index contributed by atoms with van der Waals surface area (Å²) in [6, 6.07) is 15.7. The first-order chi connectivity index (χ1) is 22.5. The standard InChI is InChI=1S/C38H47NO6S/c1-2-3-8-25-13-15-27(16-14-25)36(40)43-30-21-17-28(18-22-30)37(41)44-31-23-19-29(20-24-31)38(42)45-32-11-7-12-33-34(32)39-35(46-33)26-9-5-4-6-10-26/h4-7,9-12,25,27-31H,2-3,8,13-24H2,1H3. The Morgan fingerprint density at radius 3 is 1.85 bits per heavy atom. The number of carbonyl (C=O) groups excluding carboxylic acids is 3. The molecule has 0 atom stereocenters. The molecular formula is C38H47NO6S. The Hall–Kier alpha value is -3.26. The molecule has 6 rings (SSSR count). The zero-order valence-electron chi connectivity index (χ0n) is 27.0. The predicted molar refractivity (Wildman–Crippen MR) is 179 cm³/mol. The van der Waals surface area contributed by atoms with Crippen LogP contribution in [0.1, 0.15) is 103 Å². The molecule has 0 aliphatic heterocycles. The molecule has 1 aromatic heterocycles. The van der Waals surface area contributed by atoms with Crippen LogP contribution >= 0.6 is 11.3 Å². The summed E-state index contributed by atoms with van der Waals surface area (Å²) in [5.74, 6) is 0.505. The smallest absolute Gasteiger partial charge is 0.314 e. The molecule has 3 aliphatic rings. The van der Waals surface area contributed by atoms with Crippen LogP contribution in [0.2, 0.25) is 0 Å². The molecule has 7 nitrogen and oxygen atoms in total. The quantitative estimate of drug-likeness (QED) is 0.160. The van der Waals surface area contributed by atoms with Gasteiger partial charge in [-0.05, 0) is 95.1 Å². The van der Waals surface area contributed by atoms with Crippen molar-refractivity contribution in [2.24, 2.45) is 23.7 Å². The Kier molecular flexibility index (Phi) is 11.0. The number of fused-ring (bicyclic) bond motifs is 1. The normalized spacial score (nSPS) is 26.7. The Balaban J connectivity index is 0.909. The molecule has 0 bridgehead atoms. The number of hydrogen-bond donors (Lipinski definition) is 0. The van der Waals surface area contributed by atoms with Gasteiger partial charge < -0.3 is 14.2 Å². The van der Waals surface area contributed by atoms with Crippen LogP contribution in [-0.2, 0) is 23.9 Å². The van der Waals surface area contributed by atoms with E-state index in [0.717, 1.165) is 46.9 Å². The van der Waals surface area contributed by atoms with E-state index in [0.29, 0.717) is 62.6 Å². The van der Waals surface area contributed by atoms with E-state index >= 15 is 0 Å². The molecule has 3 saturated carbocycles. The number of nitrogens with zero attached hydrogens (tertiary/aromatic N) is 1. The highest BCUT2D eigenvalue weighted by Crippen LogP contribution is 2.37. The molecule has 2 aromatic carbocycles. The highest BCUT2D eigenvalue weighted by Gasteiger charge is 2.35. The molecule has 246 valence electrons. The second kappa shape index (κ2) is 15.6. The van der Waals surface area contributed by atoms with Crippen molar-refractivity contribution in [3.05, 3.63) is 48.5 Å². The van der Waals surface area contributed by atoms with Gasteiger partial charge in [0.15, 0.2) is 5.75 Å². The molecule has 0 saturated heterocycles. The van der Waals surface area contributed by atoms with Gasteiger partial charge in [-0.2, -0.15) is 0 Å². The van der Waals surface area contributed by atoms with Gasteiger partial charge in [-0.3, -0.25) is 14.4 Å². The molecule has 0 amide bonds. The van der Waals surface area contributed by atoms with E-state index in [4.69, 9.17) is 19.2 Å². The Bertz CT molecular complexity index is 1460. The third kappa shape index (κ3) is 8.17. The second-order valence-electron chi connectivity index (χ2n) is 13.6. The molecule has 1 heterocycles. The summed E-state index contributed by atoms with van der Waals surface area (Å²) < 4.78 is 18.7. The summed E-state index contributed by atoms with van der Waals surface area (Å²) in [7, 11) is 0. The van der Waals surface area contributed by atoms with Crippen LogP contribution in [0.4, 0.5) is 0 Å². The number of ether oxygens (including phenoxy) is 3. The zero-order chi connectivity index (χ0) is 31.9. The fourth-order valence-electron chi connectivity index (χ4n) is 7.43. The van der Waals surface area contributed by atoms with E-state index in [1.807, 2.05) is 42.5 Å². The maximum Gasteiger partial charge on any atom is 0.314 e. The van der Waals surface area contributed by atoms with Gasteiger partial charge in [-0.15, -0.1) is 11.3 Å². The van der Waals surface area contributed by atoms with Gasteiger partial charge >= 0.3 is 17.9 Å². The SMILES string of the molecule is CCCCC1CCC(C(=O)OC2CCC(C(=O)OC3CCC(C(=O)Oc4cccc5sc(-c6ccccc6)nc45)CC3)CC2)CC1. The van der Waals surface area contributed by atoms with E-state index in [1.165, 1.54) is 19.3 Å². The van der Waals surface area contributed by atoms with Gasteiger partial charge in [0.1, 0.15) is 22.7 Å². The summed E-state index contributed by atoms with van der Waals surface area (Å²) in [6.45, 7) is 2.23. The van der Waals surface area contributed by atoms with Crippen LogP contribution in [0.25, 0.3) is 20.8 Å². The van der Waals surface area contributed by atoms with Crippen molar-refractivity contribution in [2.45, 2.75) is 115 Å². The highest BCUT2D eigenvalue weighted by molar-refractivity contribution is 7.21.